The highest BCUT2D eigenvalue weighted by Gasteiger charge is 2.31. The van der Waals surface area contributed by atoms with Gasteiger partial charge in [-0.3, -0.25) is 10.1 Å². The topological polar surface area (TPSA) is 53.6 Å². The van der Waals surface area contributed by atoms with Gasteiger partial charge in [0.15, 0.2) is 5.11 Å². The van der Waals surface area contributed by atoms with Gasteiger partial charge in [0.2, 0.25) is 0 Å². The molecule has 0 radical (unpaired) electrons. The number of alkyl halides is 3. The number of nitrogens with zero attached hydrogens (tertiary/aromatic N) is 1. The fourth-order valence-electron chi connectivity index (χ4n) is 3.59. The van der Waals surface area contributed by atoms with E-state index in [1.807, 2.05) is 4.90 Å². The fraction of sp³-hybridized carbons (Fsp3) is 0.417. The average Bonchev–Trinajstić information content (AvgIpc) is 2.79. The molecule has 1 amide bonds. The van der Waals surface area contributed by atoms with Crippen molar-refractivity contribution in [1.29, 1.82) is 0 Å². The van der Waals surface area contributed by atoms with E-state index >= 15 is 0 Å². The first-order valence-electron chi connectivity index (χ1n) is 11.1. The Kier molecular flexibility index (Phi) is 8.55. The van der Waals surface area contributed by atoms with E-state index in [1.54, 1.807) is 24.3 Å². The molecule has 1 heterocycles. The Hall–Kier alpha value is -2.81. The Balaban J connectivity index is 1.69. The summed E-state index contributed by atoms with van der Waals surface area (Å²) in [5.41, 5.74) is 0.436. The van der Waals surface area contributed by atoms with Crippen molar-refractivity contribution in [3.05, 3.63) is 53.6 Å². The standard InChI is InChI=1S/C24H28F3N3O2S/c1-2-3-15-32-19-10-7-17(8-11-19)22(31)29-23(33)28-20-16-18(24(25,26)27)9-12-21(20)30-13-5-4-6-14-30/h7-12,16H,2-6,13-15H2,1H3,(H2,28,29,31,33). The number of hydrogen-bond acceptors (Lipinski definition) is 4. The summed E-state index contributed by atoms with van der Waals surface area (Å²) in [6.07, 6.45) is 0.520. The Morgan fingerprint density at radius 3 is 2.42 bits per heavy atom. The van der Waals surface area contributed by atoms with Crippen molar-refractivity contribution in [1.82, 2.24) is 5.32 Å². The normalized spacial score (nSPS) is 14.0. The number of unbranched alkanes of at least 4 members (excludes halogenated alkanes) is 1. The van der Waals surface area contributed by atoms with Gasteiger partial charge in [-0.05, 0) is 80.4 Å². The zero-order chi connectivity index (χ0) is 23.8. The van der Waals surface area contributed by atoms with Gasteiger partial charge in [0.1, 0.15) is 5.75 Å². The first-order chi connectivity index (χ1) is 15.8. The van der Waals surface area contributed by atoms with Crippen LogP contribution < -0.4 is 20.3 Å². The van der Waals surface area contributed by atoms with Crippen LogP contribution in [-0.4, -0.2) is 30.7 Å². The number of thiocarbonyl (C=S) groups is 1. The molecule has 2 aromatic carbocycles. The smallest absolute Gasteiger partial charge is 0.416 e. The summed E-state index contributed by atoms with van der Waals surface area (Å²) < 4.78 is 45.4. The highest BCUT2D eigenvalue weighted by molar-refractivity contribution is 7.80. The predicted octanol–water partition coefficient (Wildman–Crippen LogP) is 6.00. The third kappa shape index (κ3) is 7.08. The van der Waals surface area contributed by atoms with Crippen molar-refractivity contribution in [3.63, 3.8) is 0 Å². The molecule has 3 rings (SSSR count). The number of halogens is 3. The van der Waals surface area contributed by atoms with Crippen molar-refractivity contribution in [2.24, 2.45) is 0 Å². The minimum Gasteiger partial charge on any atom is -0.494 e. The van der Waals surface area contributed by atoms with Gasteiger partial charge in [0, 0.05) is 18.7 Å². The number of benzene rings is 2. The number of carbonyl (C=O) groups is 1. The van der Waals surface area contributed by atoms with Gasteiger partial charge in [-0.15, -0.1) is 0 Å². The molecule has 0 unspecified atom stereocenters. The lowest BCUT2D eigenvalue weighted by molar-refractivity contribution is -0.137. The Morgan fingerprint density at radius 2 is 1.79 bits per heavy atom. The van der Waals surface area contributed by atoms with Crippen LogP contribution >= 0.6 is 12.2 Å². The molecule has 0 spiro atoms. The largest absolute Gasteiger partial charge is 0.494 e. The van der Waals surface area contributed by atoms with Crippen LogP contribution in [0.4, 0.5) is 24.5 Å². The third-order valence-corrected chi connectivity index (χ3v) is 5.58. The van der Waals surface area contributed by atoms with Crippen molar-refractivity contribution < 1.29 is 22.7 Å². The summed E-state index contributed by atoms with van der Waals surface area (Å²) in [5, 5.41) is 5.28. The quantitative estimate of drug-likeness (QED) is 0.377. The second-order valence-corrected chi connectivity index (χ2v) is 8.32. The van der Waals surface area contributed by atoms with Crippen molar-refractivity contribution in [2.45, 2.75) is 45.2 Å². The van der Waals surface area contributed by atoms with Gasteiger partial charge in [-0.1, -0.05) is 13.3 Å². The summed E-state index contributed by atoms with van der Waals surface area (Å²) in [4.78, 5) is 14.6. The van der Waals surface area contributed by atoms with Gasteiger partial charge in [-0.25, -0.2) is 0 Å². The molecule has 1 saturated heterocycles. The van der Waals surface area contributed by atoms with Gasteiger partial charge in [0.25, 0.3) is 5.91 Å². The molecule has 2 aromatic rings. The van der Waals surface area contributed by atoms with Crippen LogP contribution in [0.25, 0.3) is 0 Å². The summed E-state index contributed by atoms with van der Waals surface area (Å²) in [5.74, 6) is 0.204. The lowest BCUT2D eigenvalue weighted by Gasteiger charge is -2.31. The van der Waals surface area contributed by atoms with Crippen molar-refractivity contribution >= 4 is 34.6 Å². The van der Waals surface area contributed by atoms with Gasteiger partial charge in [0.05, 0.1) is 23.5 Å². The Labute approximate surface area is 197 Å². The van der Waals surface area contributed by atoms with E-state index in [0.717, 1.165) is 57.3 Å². The van der Waals surface area contributed by atoms with Crippen LogP contribution in [0.15, 0.2) is 42.5 Å². The van der Waals surface area contributed by atoms with Crippen molar-refractivity contribution in [2.75, 3.05) is 29.9 Å². The third-order valence-electron chi connectivity index (χ3n) is 5.38. The number of ether oxygens (including phenoxy) is 1. The number of nitrogens with one attached hydrogen (secondary N) is 2. The van der Waals surface area contributed by atoms with Crippen LogP contribution in [0.3, 0.4) is 0 Å². The maximum atomic E-state index is 13.3. The summed E-state index contributed by atoms with van der Waals surface area (Å²) in [7, 11) is 0. The van der Waals surface area contributed by atoms with Crippen LogP contribution in [0.1, 0.15) is 54.9 Å². The fourth-order valence-corrected chi connectivity index (χ4v) is 3.79. The first kappa shape index (κ1) is 24.8. The molecule has 0 aliphatic carbocycles. The van der Waals surface area contributed by atoms with Crippen LogP contribution in [0.2, 0.25) is 0 Å². The molecular weight excluding hydrogens is 451 g/mol. The number of hydrogen-bond donors (Lipinski definition) is 2. The number of rotatable bonds is 7. The van der Waals surface area contributed by atoms with Gasteiger partial charge in [-0.2, -0.15) is 13.2 Å². The average molecular weight is 480 g/mol. The molecule has 1 fully saturated rings. The van der Waals surface area contributed by atoms with E-state index in [1.165, 1.54) is 6.07 Å². The molecule has 1 aliphatic heterocycles. The molecular formula is C24H28F3N3O2S. The van der Waals surface area contributed by atoms with Crippen LogP contribution in [0.5, 0.6) is 5.75 Å². The minimum absolute atomic E-state index is 0.0687. The van der Waals surface area contributed by atoms with Crippen LogP contribution in [0, 0.1) is 0 Å². The highest BCUT2D eigenvalue weighted by atomic mass is 32.1. The molecule has 178 valence electrons. The van der Waals surface area contributed by atoms with E-state index in [-0.39, 0.29) is 10.8 Å². The van der Waals surface area contributed by atoms with Gasteiger partial charge >= 0.3 is 6.18 Å². The zero-order valence-electron chi connectivity index (χ0n) is 18.5. The van der Waals surface area contributed by atoms with E-state index in [9.17, 15) is 18.0 Å². The Morgan fingerprint density at radius 1 is 1.09 bits per heavy atom. The zero-order valence-corrected chi connectivity index (χ0v) is 19.3. The number of carbonyl (C=O) groups excluding carboxylic acids is 1. The molecule has 0 aromatic heterocycles. The number of amides is 1. The predicted molar refractivity (Wildman–Crippen MR) is 128 cm³/mol. The van der Waals surface area contributed by atoms with E-state index in [2.05, 4.69) is 17.6 Å². The van der Waals surface area contributed by atoms with E-state index < -0.39 is 17.6 Å². The minimum atomic E-state index is -4.48. The van der Waals surface area contributed by atoms with Crippen LogP contribution in [-0.2, 0) is 6.18 Å². The number of piperidine rings is 1. The monoisotopic (exact) mass is 479 g/mol. The molecule has 1 aliphatic rings. The molecule has 0 bridgehead atoms. The van der Waals surface area contributed by atoms with E-state index in [0.29, 0.717) is 23.6 Å². The van der Waals surface area contributed by atoms with Gasteiger partial charge < -0.3 is 15.0 Å². The molecule has 9 heteroatoms. The molecule has 33 heavy (non-hydrogen) atoms. The van der Waals surface area contributed by atoms with Crippen molar-refractivity contribution in [3.8, 4) is 5.75 Å². The Bertz CT molecular complexity index is 958. The summed E-state index contributed by atoms with van der Waals surface area (Å²) in [6, 6.07) is 10.2. The lowest BCUT2D eigenvalue weighted by Crippen LogP contribution is -2.35. The summed E-state index contributed by atoms with van der Waals surface area (Å²) >= 11 is 5.24. The molecule has 5 nitrogen and oxygen atoms in total. The first-order valence-corrected chi connectivity index (χ1v) is 11.5. The maximum Gasteiger partial charge on any atom is 0.416 e. The lowest BCUT2D eigenvalue weighted by atomic mass is 10.1. The maximum absolute atomic E-state index is 13.3. The second-order valence-electron chi connectivity index (χ2n) is 7.91. The molecule has 0 atom stereocenters. The molecule has 2 N–H and O–H groups in total. The molecule has 0 saturated carbocycles. The second kappa shape index (κ2) is 11.4. The highest BCUT2D eigenvalue weighted by Crippen LogP contribution is 2.36. The van der Waals surface area contributed by atoms with E-state index in [4.69, 9.17) is 17.0 Å². The number of anilines is 2. The SMILES string of the molecule is CCCCOc1ccc(C(=O)NC(=S)Nc2cc(C(F)(F)F)ccc2N2CCCCC2)cc1. The summed E-state index contributed by atoms with van der Waals surface area (Å²) in [6.45, 7) is 4.19.